The number of carbonyl (C=O) groups is 5. The van der Waals surface area contributed by atoms with Crippen LogP contribution in [0.3, 0.4) is 0 Å². The van der Waals surface area contributed by atoms with E-state index in [2.05, 4.69) is 21.3 Å². The van der Waals surface area contributed by atoms with Gasteiger partial charge in [-0.15, -0.1) is 0 Å². The fourth-order valence-corrected chi connectivity index (χ4v) is 9.91. The quantitative estimate of drug-likeness (QED) is 0.0570. The molecule has 1 aliphatic rings. The van der Waals surface area contributed by atoms with Crippen LogP contribution in [0.2, 0.25) is 5.02 Å². The van der Waals surface area contributed by atoms with Gasteiger partial charge in [0.2, 0.25) is 11.8 Å². The number of alkyl carbamates (subject to hydrolysis) is 1. The maximum absolute atomic E-state index is 12.8. The lowest BCUT2D eigenvalue weighted by Gasteiger charge is -2.23. The van der Waals surface area contributed by atoms with Crippen LogP contribution < -0.4 is 53.3 Å². The summed E-state index contributed by atoms with van der Waals surface area (Å²) in [5, 5.41) is 10.9. The van der Waals surface area contributed by atoms with E-state index in [0.29, 0.717) is 28.7 Å². The number of hydrogen-bond acceptors (Lipinski definition) is 12. The van der Waals surface area contributed by atoms with E-state index < -0.39 is 17.6 Å². The first-order chi connectivity index (χ1) is 45.2. The van der Waals surface area contributed by atoms with Crippen molar-refractivity contribution in [2.45, 2.75) is 39.9 Å². The number of halogens is 1. The predicted octanol–water partition coefficient (Wildman–Crippen LogP) is 10.7. The highest BCUT2D eigenvalue weighted by molar-refractivity contribution is 6.31. The average molecular weight is 1290 g/mol. The Morgan fingerprint density at radius 3 is 1.30 bits per heavy atom. The van der Waals surface area contributed by atoms with Crippen molar-refractivity contribution in [1.82, 2.24) is 33.4 Å². The molecule has 484 valence electrons. The fraction of sp³-hybridized carbons (Fsp3) is 0.171. The SMILES string of the molecule is COc1ccc(Cl)cc1NC(=O)CC(C)(C)CC(=O)Nc1cn(C)n(-c2ccccc2)c1=O.Cn1cc(N)c(=O)n1-c1ccccc1.Cn1cc(NC(=O)OCc2ccccc2)c(=O)n1-c1ccccc1.O=C(NC1=CCN(c2ccccc2)C1=O)OCc1ccccc1. The molecule has 24 heteroatoms. The van der Waals surface area contributed by atoms with E-state index in [9.17, 15) is 38.4 Å². The Bertz CT molecular complexity index is 4430. The number of benzene rings is 7. The van der Waals surface area contributed by atoms with Crippen molar-refractivity contribution >= 4 is 69.9 Å². The van der Waals surface area contributed by atoms with Crippen molar-refractivity contribution < 1.29 is 38.2 Å². The molecule has 23 nitrogen and oxygen atoms in total. The zero-order valence-electron chi connectivity index (χ0n) is 52.5. The number of amides is 5. The molecule has 11 rings (SSSR count). The van der Waals surface area contributed by atoms with Gasteiger partial charge < -0.3 is 35.5 Å². The molecule has 4 heterocycles. The Hall–Kier alpha value is -11.9. The lowest BCUT2D eigenvalue weighted by Crippen LogP contribution is -2.33. The highest BCUT2D eigenvalue weighted by Crippen LogP contribution is 2.31. The lowest BCUT2D eigenvalue weighted by atomic mass is 9.85. The number of ether oxygens (including phenoxy) is 3. The minimum atomic E-state index is -0.665. The van der Waals surface area contributed by atoms with Crippen molar-refractivity contribution in [3.63, 3.8) is 0 Å². The molecule has 0 spiro atoms. The molecule has 7 aromatic carbocycles. The van der Waals surface area contributed by atoms with E-state index in [4.69, 9.17) is 31.5 Å². The van der Waals surface area contributed by atoms with E-state index in [1.54, 1.807) is 83.0 Å². The predicted molar refractivity (Wildman–Crippen MR) is 363 cm³/mol. The number of aryl methyl sites for hydroxylation is 3. The Balaban J connectivity index is 0.000000167. The molecular formula is C70H71ClN12O11. The van der Waals surface area contributed by atoms with Crippen molar-refractivity contribution in [3.05, 3.63) is 278 Å². The van der Waals surface area contributed by atoms with Gasteiger partial charge in [-0.3, -0.25) is 53.4 Å². The van der Waals surface area contributed by atoms with Gasteiger partial charge in [-0.1, -0.05) is 159 Å². The summed E-state index contributed by atoms with van der Waals surface area (Å²) < 4.78 is 24.9. The molecule has 0 bridgehead atoms. The van der Waals surface area contributed by atoms with Gasteiger partial charge in [0.15, 0.2) is 0 Å². The van der Waals surface area contributed by atoms with Gasteiger partial charge in [0.05, 0.1) is 48.4 Å². The smallest absolute Gasteiger partial charge is 0.412 e. The van der Waals surface area contributed by atoms with Crippen LogP contribution in [0.1, 0.15) is 37.8 Å². The molecule has 10 aromatic rings. The van der Waals surface area contributed by atoms with Gasteiger partial charge in [-0.2, -0.15) is 0 Å². The first-order valence-corrected chi connectivity index (χ1v) is 29.8. The monoisotopic (exact) mass is 1290 g/mol. The van der Waals surface area contributed by atoms with Crippen LogP contribution in [-0.4, -0.2) is 71.7 Å². The number of anilines is 5. The Morgan fingerprint density at radius 1 is 0.489 bits per heavy atom. The minimum Gasteiger partial charge on any atom is -0.495 e. The topological polar surface area (TPSA) is 271 Å². The fourth-order valence-electron chi connectivity index (χ4n) is 9.74. The average Bonchev–Trinajstić information content (AvgIpc) is 1.69. The highest BCUT2D eigenvalue weighted by Gasteiger charge is 2.28. The number of carbonyl (C=O) groups excluding carboxylic acids is 5. The summed E-state index contributed by atoms with van der Waals surface area (Å²) in [7, 11) is 6.74. The first-order valence-electron chi connectivity index (χ1n) is 29.4. The number of rotatable bonds is 17. The second kappa shape index (κ2) is 32.2. The molecule has 0 aliphatic carbocycles. The molecule has 5 amide bonds. The van der Waals surface area contributed by atoms with Gasteiger partial charge in [0.25, 0.3) is 22.6 Å². The largest absolute Gasteiger partial charge is 0.495 e. The van der Waals surface area contributed by atoms with Crippen LogP contribution in [0.15, 0.2) is 245 Å². The van der Waals surface area contributed by atoms with Gasteiger partial charge in [-0.25, -0.2) is 23.6 Å². The Kier molecular flexibility index (Phi) is 23.3. The van der Waals surface area contributed by atoms with E-state index in [-0.39, 0.29) is 83.2 Å². The molecule has 0 atom stereocenters. The number of methoxy groups -OCH3 is 1. The number of hydrogen-bond donors (Lipinski definition) is 5. The third-order valence-electron chi connectivity index (χ3n) is 14.1. The zero-order chi connectivity index (χ0) is 67.3. The van der Waals surface area contributed by atoms with Crippen LogP contribution >= 0.6 is 11.6 Å². The van der Waals surface area contributed by atoms with Crippen LogP contribution in [0.5, 0.6) is 5.75 Å². The number of aromatic nitrogens is 6. The summed E-state index contributed by atoms with van der Waals surface area (Å²) in [6.07, 6.45) is 5.24. The van der Waals surface area contributed by atoms with E-state index >= 15 is 0 Å². The first kappa shape index (κ1) is 68.1. The summed E-state index contributed by atoms with van der Waals surface area (Å²) >= 11 is 6.01. The van der Waals surface area contributed by atoms with Crippen LogP contribution in [-0.2, 0) is 58.2 Å². The molecule has 3 aromatic heterocycles. The van der Waals surface area contributed by atoms with Crippen LogP contribution in [0, 0.1) is 5.41 Å². The zero-order valence-corrected chi connectivity index (χ0v) is 53.2. The number of nitrogens with zero attached hydrogens (tertiary/aromatic N) is 7. The van der Waals surface area contributed by atoms with Crippen molar-refractivity contribution in [3.8, 4) is 22.8 Å². The summed E-state index contributed by atoms with van der Waals surface area (Å²) in [5.41, 5.74) is 10.1. The Labute approximate surface area is 546 Å². The third kappa shape index (κ3) is 18.6. The van der Waals surface area contributed by atoms with Crippen LogP contribution in [0.4, 0.5) is 38.0 Å². The van der Waals surface area contributed by atoms with Gasteiger partial charge in [-0.05, 0) is 89.3 Å². The van der Waals surface area contributed by atoms with Crippen LogP contribution in [0.25, 0.3) is 17.1 Å². The number of nitrogens with two attached hydrogens (primary N) is 1. The summed E-state index contributed by atoms with van der Waals surface area (Å²) in [6.45, 7) is 4.36. The number of nitrogen functional groups attached to an aromatic ring is 1. The van der Waals surface area contributed by atoms with Gasteiger partial charge in [0.1, 0.15) is 41.7 Å². The molecule has 0 saturated carbocycles. The molecule has 6 N–H and O–H groups in total. The summed E-state index contributed by atoms with van der Waals surface area (Å²) in [6, 6.07) is 60.7. The molecule has 94 heavy (non-hydrogen) atoms. The third-order valence-corrected chi connectivity index (χ3v) is 14.3. The second-order valence-corrected chi connectivity index (χ2v) is 22.4. The number of nitrogens with one attached hydrogen (secondary N) is 4. The Morgan fingerprint density at radius 2 is 0.872 bits per heavy atom. The molecule has 0 fully saturated rings. The molecule has 0 saturated heterocycles. The van der Waals surface area contributed by atoms with Crippen molar-refractivity contribution in [2.75, 3.05) is 40.2 Å². The molecule has 0 unspecified atom stereocenters. The maximum atomic E-state index is 12.8. The number of para-hydroxylation sites is 4. The highest BCUT2D eigenvalue weighted by atomic mass is 35.5. The maximum Gasteiger partial charge on any atom is 0.412 e. The lowest BCUT2D eigenvalue weighted by molar-refractivity contribution is -0.121. The minimum absolute atomic E-state index is 0.0484. The second-order valence-electron chi connectivity index (χ2n) is 21.9. The molecular weight excluding hydrogens is 1220 g/mol. The molecule has 1 aliphatic heterocycles. The van der Waals surface area contributed by atoms with Crippen molar-refractivity contribution in [2.24, 2.45) is 26.6 Å². The molecule has 0 radical (unpaired) electrons. The van der Waals surface area contributed by atoms with E-state index in [1.807, 2.05) is 196 Å². The normalized spacial score (nSPS) is 11.5. The standard InChI is InChI=1S/C24H27ClN4O4.C18H17N3O3.C18H16N2O3.C10H11N3O/c1-24(2,13-21(30)26-18-12-16(25)10-11-20(18)33-4)14-22(31)27-19-15-28(3)29(23(19)32)17-8-6-5-7-9-17;1-20-12-16(17(22)21(20)15-10-6-3-7-11-15)19-18(23)24-13-14-8-4-2-5-9-14;21-17-16(11-12-20(17)15-9-5-2-6-10-15)19-18(22)23-13-14-7-3-1-4-8-14;1-12-7-9(11)10(14)13(12)8-5-3-2-4-6-8/h5-12,15H,13-14H2,1-4H3,(H,26,30)(H,27,31);2-12H,13H2,1H3,(H,19,23);1-11H,12-13H2,(H,19,22);2-7H,11H2,1H3. The van der Waals surface area contributed by atoms with Crippen molar-refractivity contribution in [1.29, 1.82) is 0 Å². The van der Waals surface area contributed by atoms with E-state index in [0.717, 1.165) is 28.2 Å². The van der Waals surface area contributed by atoms with E-state index in [1.165, 1.54) is 21.2 Å². The summed E-state index contributed by atoms with van der Waals surface area (Å²) in [4.78, 5) is 99.8. The van der Waals surface area contributed by atoms with Gasteiger partial charge in [0, 0.05) is 51.2 Å². The van der Waals surface area contributed by atoms with Gasteiger partial charge >= 0.3 is 12.2 Å². The summed E-state index contributed by atoms with van der Waals surface area (Å²) in [5.74, 6) is -0.384.